The number of rotatable bonds is 6. The molecule has 2 heterocycles. The molecule has 0 atom stereocenters. The Labute approximate surface area is 176 Å². The van der Waals surface area contributed by atoms with Gasteiger partial charge in [-0.1, -0.05) is 31.9 Å². The predicted octanol–water partition coefficient (Wildman–Crippen LogP) is 3.47. The van der Waals surface area contributed by atoms with Crippen molar-refractivity contribution in [3.05, 3.63) is 34.9 Å². The third-order valence-electron chi connectivity index (χ3n) is 5.31. The summed E-state index contributed by atoms with van der Waals surface area (Å²) < 4.78 is 27.8. The quantitative estimate of drug-likeness (QED) is 0.615. The molecule has 0 bridgehead atoms. The van der Waals surface area contributed by atoms with Crippen molar-refractivity contribution >= 4 is 26.9 Å². The number of sulfonamides is 1. The molecule has 1 saturated carbocycles. The van der Waals surface area contributed by atoms with Crippen LogP contribution in [0.15, 0.2) is 22.6 Å². The minimum Gasteiger partial charge on any atom is -0.402 e. The van der Waals surface area contributed by atoms with Crippen molar-refractivity contribution in [1.29, 1.82) is 0 Å². The van der Waals surface area contributed by atoms with E-state index in [1.807, 2.05) is 6.07 Å². The average Bonchev–Trinajstić information content (AvgIpc) is 3.38. The fourth-order valence-corrected chi connectivity index (χ4v) is 3.93. The van der Waals surface area contributed by atoms with Gasteiger partial charge in [0.15, 0.2) is 0 Å². The highest BCUT2D eigenvalue weighted by atomic mass is 32.2. The molecule has 8 nitrogen and oxygen atoms in total. The zero-order chi connectivity index (χ0) is 21.7. The van der Waals surface area contributed by atoms with Gasteiger partial charge in [-0.15, -0.1) is 5.10 Å². The van der Waals surface area contributed by atoms with Crippen molar-refractivity contribution in [1.82, 2.24) is 15.2 Å². The maximum absolute atomic E-state index is 11.1. The maximum atomic E-state index is 11.1. The standard InChI is InChI=1S/C21H27N5O3S/c1-12-9-17(19-25-26-20(29-19)23-7-8-30(22,27)28)24-18-15(12)10-14(13-5-6-13)11-16(18)21(2,3)4/h9-11,13H,5-8H2,1-4H3,(H,23,26)(H2,22,27,28). The van der Waals surface area contributed by atoms with E-state index >= 15 is 0 Å². The predicted molar refractivity (Wildman–Crippen MR) is 117 cm³/mol. The van der Waals surface area contributed by atoms with E-state index in [1.165, 1.54) is 24.0 Å². The van der Waals surface area contributed by atoms with Crippen LogP contribution < -0.4 is 10.5 Å². The second-order valence-corrected chi connectivity index (χ2v) is 10.8. The molecule has 0 amide bonds. The van der Waals surface area contributed by atoms with Gasteiger partial charge < -0.3 is 9.73 Å². The van der Waals surface area contributed by atoms with Gasteiger partial charge in [0.1, 0.15) is 5.69 Å². The van der Waals surface area contributed by atoms with Crippen LogP contribution in [-0.4, -0.2) is 35.9 Å². The number of fused-ring (bicyclic) bond motifs is 1. The molecule has 1 aromatic carbocycles. The summed E-state index contributed by atoms with van der Waals surface area (Å²) in [6, 6.07) is 6.65. The zero-order valence-corrected chi connectivity index (χ0v) is 18.5. The SMILES string of the molecule is Cc1cc(-c2nnc(NCCS(N)(=O)=O)o2)nc2c(C(C)(C)C)cc(C3CC3)cc12. The molecule has 0 saturated heterocycles. The summed E-state index contributed by atoms with van der Waals surface area (Å²) in [4.78, 5) is 4.89. The third kappa shape index (κ3) is 4.46. The van der Waals surface area contributed by atoms with Gasteiger partial charge in [0.25, 0.3) is 5.89 Å². The Hall–Kier alpha value is -2.52. The van der Waals surface area contributed by atoms with Gasteiger partial charge in [-0.05, 0) is 59.9 Å². The molecular formula is C21H27N5O3S. The molecule has 30 heavy (non-hydrogen) atoms. The van der Waals surface area contributed by atoms with Gasteiger partial charge >= 0.3 is 6.01 Å². The largest absolute Gasteiger partial charge is 0.402 e. The Bertz CT molecular complexity index is 1210. The zero-order valence-electron chi connectivity index (χ0n) is 17.7. The van der Waals surface area contributed by atoms with E-state index in [0.29, 0.717) is 11.6 Å². The normalized spacial score (nSPS) is 15.0. The van der Waals surface area contributed by atoms with E-state index in [4.69, 9.17) is 14.5 Å². The van der Waals surface area contributed by atoms with Crippen molar-refractivity contribution in [3.8, 4) is 11.6 Å². The monoisotopic (exact) mass is 429 g/mol. The highest BCUT2D eigenvalue weighted by molar-refractivity contribution is 7.89. The second-order valence-electron chi connectivity index (χ2n) is 9.02. The third-order valence-corrected chi connectivity index (χ3v) is 6.08. The maximum Gasteiger partial charge on any atom is 0.315 e. The van der Waals surface area contributed by atoms with Crippen molar-refractivity contribution in [3.63, 3.8) is 0 Å². The minimum atomic E-state index is -3.56. The van der Waals surface area contributed by atoms with E-state index in [0.717, 1.165) is 16.5 Å². The van der Waals surface area contributed by atoms with E-state index in [9.17, 15) is 8.42 Å². The van der Waals surface area contributed by atoms with E-state index < -0.39 is 10.0 Å². The molecule has 0 radical (unpaired) electrons. The lowest BCUT2D eigenvalue weighted by Crippen LogP contribution is -2.22. The molecule has 160 valence electrons. The first-order valence-electron chi connectivity index (χ1n) is 10.1. The first-order valence-corrected chi connectivity index (χ1v) is 11.8. The van der Waals surface area contributed by atoms with Crippen LogP contribution in [0.25, 0.3) is 22.5 Å². The second kappa shape index (κ2) is 7.31. The van der Waals surface area contributed by atoms with Crippen LogP contribution in [0.4, 0.5) is 6.01 Å². The number of benzene rings is 1. The highest BCUT2D eigenvalue weighted by Gasteiger charge is 2.28. The molecular weight excluding hydrogens is 402 g/mol. The van der Waals surface area contributed by atoms with Gasteiger partial charge in [-0.3, -0.25) is 0 Å². The number of primary sulfonamides is 1. The number of pyridine rings is 1. The summed E-state index contributed by atoms with van der Waals surface area (Å²) >= 11 is 0. The fourth-order valence-electron chi connectivity index (χ4n) is 3.55. The lowest BCUT2D eigenvalue weighted by molar-refractivity contribution is 0.577. The van der Waals surface area contributed by atoms with Gasteiger partial charge in [0.05, 0.1) is 11.3 Å². The Morgan fingerprint density at radius 2 is 1.93 bits per heavy atom. The first-order chi connectivity index (χ1) is 14.0. The smallest absolute Gasteiger partial charge is 0.315 e. The molecule has 3 aromatic rings. The Kier molecular flexibility index (Phi) is 5.06. The number of aromatic nitrogens is 3. The van der Waals surface area contributed by atoms with Crippen LogP contribution in [0, 0.1) is 6.92 Å². The van der Waals surface area contributed by atoms with Crippen molar-refractivity contribution in [2.24, 2.45) is 5.14 Å². The molecule has 1 aliphatic rings. The Morgan fingerprint density at radius 1 is 1.20 bits per heavy atom. The van der Waals surface area contributed by atoms with Crippen LogP contribution in [0.5, 0.6) is 0 Å². The van der Waals surface area contributed by atoms with Crippen LogP contribution in [0.1, 0.15) is 56.2 Å². The number of nitrogens with one attached hydrogen (secondary N) is 1. The minimum absolute atomic E-state index is 0.0590. The summed E-state index contributed by atoms with van der Waals surface area (Å²) in [6.45, 7) is 8.74. The first kappa shape index (κ1) is 20.7. The van der Waals surface area contributed by atoms with Gasteiger partial charge in [0.2, 0.25) is 10.0 Å². The molecule has 1 aliphatic carbocycles. The summed E-state index contributed by atoms with van der Waals surface area (Å²) in [6.07, 6.45) is 2.51. The fraction of sp³-hybridized carbons (Fsp3) is 0.476. The summed E-state index contributed by atoms with van der Waals surface area (Å²) in [7, 11) is -3.56. The number of hydrogen-bond acceptors (Lipinski definition) is 7. The molecule has 9 heteroatoms. The van der Waals surface area contributed by atoms with Crippen molar-refractivity contribution in [2.45, 2.75) is 51.9 Å². The molecule has 4 rings (SSSR count). The Morgan fingerprint density at radius 3 is 2.57 bits per heavy atom. The van der Waals surface area contributed by atoms with E-state index in [2.05, 4.69) is 55.3 Å². The topological polar surface area (TPSA) is 124 Å². The van der Waals surface area contributed by atoms with Crippen molar-refractivity contribution < 1.29 is 12.8 Å². The number of aryl methyl sites for hydroxylation is 1. The number of anilines is 1. The van der Waals surface area contributed by atoms with Gasteiger partial charge in [-0.25, -0.2) is 18.5 Å². The van der Waals surface area contributed by atoms with Crippen LogP contribution in [-0.2, 0) is 15.4 Å². The van der Waals surface area contributed by atoms with Crippen LogP contribution >= 0.6 is 0 Å². The summed E-state index contributed by atoms with van der Waals surface area (Å²) in [5.41, 5.74) is 5.18. The summed E-state index contributed by atoms with van der Waals surface area (Å²) in [5, 5.41) is 16.9. The highest BCUT2D eigenvalue weighted by Crippen LogP contribution is 2.43. The van der Waals surface area contributed by atoms with Gasteiger partial charge in [-0.2, -0.15) is 0 Å². The molecule has 3 N–H and O–H groups in total. The molecule has 0 spiro atoms. The van der Waals surface area contributed by atoms with Crippen LogP contribution in [0.2, 0.25) is 0 Å². The molecule has 2 aromatic heterocycles. The lowest BCUT2D eigenvalue weighted by atomic mass is 9.83. The number of hydrogen-bond donors (Lipinski definition) is 2. The number of nitrogens with zero attached hydrogens (tertiary/aromatic N) is 3. The number of nitrogens with two attached hydrogens (primary N) is 1. The molecule has 0 aliphatic heterocycles. The van der Waals surface area contributed by atoms with Gasteiger partial charge in [0, 0.05) is 11.9 Å². The van der Waals surface area contributed by atoms with Crippen LogP contribution in [0.3, 0.4) is 0 Å². The lowest BCUT2D eigenvalue weighted by Gasteiger charge is -2.23. The Balaban J connectivity index is 1.72. The van der Waals surface area contributed by atoms with Crippen molar-refractivity contribution in [2.75, 3.05) is 17.6 Å². The summed E-state index contributed by atoms with van der Waals surface area (Å²) in [5.74, 6) is 0.719. The molecule has 1 fully saturated rings. The molecule has 0 unspecified atom stereocenters. The van der Waals surface area contributed by atoms with E-state index in [-0.39, 0.29) is 29.6 Å². The van der Waals surface area contributed by atoms with E-state index in [1.54, 1.807) is 0 Å². The average molecular weight is 430 g/mol.